The van der Waals surface area contributed by atoms with Gasteiger partial charge in [0.1, 0.15) is 0 Å². The summed E-state index contributed by atoms with van der Waals surface area (Å²) in [5, 5.41) is 8.73. The number of rotatable bonds is 2. The lowest BCUT2D eigenvalue weighted by Crippen LogP contribution is -2.35. The Balaban J connectivity index is 1.77. The Hall–Kier alpha value is -2.15. The van der Waals surface area contributed by atoms with Gasteiger partial charge in [-0.05, 0) is 23.1 Å². The molecule has 0 bridgehead atoms. The van der Waals surface area contributed by atoms with Gasteiger partial charge in [0.05, 0.1) is 30.0 Å². The van der Waals surface area contributed by atoms with Gasteiger partial charge in [-0.1, -0.05) is 26.0 Å². The molecule has 2 fully saturated rings. The number of hydrogen-bond donors (Lipinski definition) is 0. The van der Waals surface area contributed by atoms with Crippen molar-refractivity contribution in [1.29, 1.82) is 5.26 Å². The lowest BCUT2D eigenvalue weighted by Gasteiger charge is -2.20. The molecule has 1 aromatic rings. The molecule has 1 heterocycles. The molecule has 1 saturated heterocycles. The van der Waals surface area contributed by atoms with E-state index >= 15 is 0 Å². The summed E-state index contributed by atoms with van der Waals surface area (Å²) in [4.78, 5) is 25.7. The summed E-state index contributed by atoms with van der Waals surface area (Å²) in [5.41, 5.74) is 1.29. The van der Waals surface area contributed by atoms with E-state index in [4.69, 9.17) is 5.26 Å². The second-order valence-corrected chi connectivity index (χ2v) is 5.85. The fourth-order valence-corrected chi connectivity index (χ4v) is 3.03. The van der Waals surface area contributed by atoms with E-state index in [0.717, 1.165) is 5.56 Å². The van der Waals surface area contributed by atoms with Crippen LogP contribution in [0.25, 0.3) is 0 Å². The third-order valence-electron chi connectivity index (χ3n) is 4.32. The first-order chi connectivity index (χ1) is 8.96. The van der Waals surface area contributed by atoms with Crippen molar-refractivity contribution in [2.75, 3.05) is 0 Å². The number of hydrogen-bond acceptors (Lipinski definition) is 3. The van der Waals surface area contributed by atoms with Crippen LogP contribution in [0.3, 0.4) is 0 Å². The smallest absolute Gasteiger partial charge is 0.233 e. The number of likely N-dealkylation sites (tertiary alicyclic amines) is 1. The summed E-state index contributed by atoms with van der Waals surface area (Å²) < 4.78 is 0. The van der Waals surface area contributed by atoms with E-state index in [-0.39, 0.29) is 29.1 Å². The van der Waals surface area contributed by atoms with Gasteiger partial charge >= 0.3 is 0 Å². The number of imide groups is 1. The van der Waals surface area contributed by atoms with Crippen LogP contribution >= 0.6 is 0 Å². The fourth-order valence-electron chi connectivity index (χ4n) is 3.03. The quantitative estimate of drug-likeness (QED) is 0.755. The number of amides is 2. The molecule has 4 nitrogen and oxygen atoms in total. The van der Waals surface area contributed by atoms with Crippen LogP contribution < -0.4 is 0 Å². The lowest BCUT2D eigenvalue weighted by molar-refractivity contribution is -0.143. The minimum absolute atomic E-state index is 0.0515. The maximum atomic E-state index is 12.2. The summed E-state index contributed by atoms with van der Waals surface area (Å²) in [6, 6.07) is 9.01. The van der Waals surface area contributed by atoms with Gasteiger partial charge in [-0.15, -0.1) is 0 Å². The van der Waals surface area contributed by atoms with E-state index in [2.05, 4.69) is 0 Å². The van der Waals surface area contributed by atoms with Crippen LogP contribution in [-0.4, -0.2) is 16.7 Å². The topological polar surface area (TPSA) is 61.2 Å². The first-order valence-electron chi connectivity index (χ1n) is 6.31. The Bertz CT molecular complexity index is 586. The summed E-state index contributed by atoms with van der Waals surface area (Å²) in [5.74, 6) is -0.356. The van der Waals surface area contributed by atoms with Crippen LogP contribution in [0.15, 0.2) is 24.3 Å². The molecule has 3 rings (SSSR count). The molecule has 2 aliphatic rings. The van der Waals surface area contributed by atoms with Crippen LogP contribution in [0.4, 0.5) is 0 Å². The van der Waals surface area contributed by atoms with E-state index in [1.54, 1.807) is 24.3 Å². The Morgan fingerprint density at radius 1 is 1.16 bits per heavy atom. The zero-order chi connectivity index (χ0) is 13.8. The predicted octanol–water partition coefficient (Wildman–Crippen LogP) is 1.70. The molecule has 1 saturated carbocycles. The molecule has 1 aromatic carbocycles. The number of fused-ring (bicyclic) bond motifs is 1. The van der Waals surface area contributed by atoms with Crippen LogP contribution in [0.5, 0.6) is 0 Å². The van der Waals surface area contributed by atoms with E-state index in [9.17, 15) is 9.59 Å². The Morgan fingerprint density at radius 2 is 1.68 bits per heavy atom. The zero-order valence-electron chi connectivity index (χ0n) is 10.9. The molecule has 1 aliphatic heterocycles. The van der Waals surface area contributed by atoms with Gasteiger partial charge in [0.15, 0.2) is 0 Å². The number of carbonyl (C=O) groups excluding carboxylic acids is 2. The van der Waals surface area contributed by atoms with Crippen molar-refractivity contribution >= 4 is 11.8 Å². The largest absolute Gasteiger partial charge is 0.278 e. The van der Waals surface area contributed by atoms with E-state index in [1.165, 1.54) is 4.90 Å². The number of piperidine rings is 1. The normalized spacial score (nSPS) is 27.1. The summed E-state index contributed by atoms with van der Waals surface area (Å²) in [7, 11) is 0. The van der Waals surface area contributed by atoms with Crippen molar-refractivity contribution in [2.45, 2.75) is 20.4 Å². The molecular weight excluding hydrogens is 240 g/mol. The van der Waals surface area contributed by atoms with Crippen molar-refractivity contribution in [3.63, 3.8) is 0 Å². The first kappa shape index (κ1) is 11.9. The molecular formula is C15H14N2O2. The standard InChI is InChI=1S/C15H14N2O2/c1-15(2)11-12(15)14(19)17(13(11)18)8-10-5-3-9(7-16)4-6-10/h3-6,11-12H,8H2,1-2H3. The molecule has 4 heteroatoms. The van der Waals surface area contributed by atoms with Gasteiger partial charge in [-0.25, -0.2) is 0 Å². The molecule has 2 atom stereocenters. The number of benzene rings is 1. The minimum Gasteiger partial charge on any atom is -0.278 e. The van der Waals surface area contributed by atoms with E-state index in [1.807, 2.05) is 19.9 Å². The van der Waals surface area contributed by atoms with E-state index < -0.39 is 0 Å². The van der Waals surface area contributed by atoms with Crippen molar-refractivity contribution in [1.82, 2.24) is 4.90 Å². The SMILES string of the molecule is CC1(C)C2C(=O)N(Cc3ccc(C#N)cc3)C(=O)C21. The van der Waals surface area contributed by atoms with Crippen molar-refractivity contribution in [3.05, 3.63) is 35.4 Å². The third-order valence-corrected chi connectivity index (χ3v) is 4.32. The summed E-state index contributed by atoms with van der Waals surface area (Å²) in [6.07, 6.45) is 0. The Kier molecular flexibility index (Phi) is 2.30. The van der Waals surface area contributed by atoms with Crippen LogP contribution in [0.2, 0.25) is 0 Å². The summed E-state index contributed by atoms with van der Waals surface area (Å²) >= 11 is 0. The highest BCUT2D eigenvalue weighted by Crippen LogP contribution is 2.63. The maximum Gasteiger partial charge on any atom is 0.233 e. The van der Waals surface area contributed by atoms with Crippen LogP contribution in [-0.2, 0) is 16.1 Å². The lowest BCUT2D eigenvalue weighted by atomic mass is 10.0. The highest BCUT2D eigenvalue weighted by atomic mass is 16.2. The molecule has 0 N–H and O–H groups in total. The van der Waals surface area contributed by atoms with Crippen molar-refractivity contribution in [3.8, 4) is 6.07 Å². The Labute approximate surface area is 111 Å². The first-order valence-corrected chi connectivity index (χ1v) is 6.31. The van der Waals surface area contributed by atoms with Gasteiger partial charge in [-0.2, -0.15) is 5.26 Å². The highest BCUT2D eigenvalue weighted by Gasteiger charge is 2.72. The molecule has 2 unspecified atom stereocenters. The number of nitrogens with zero attached hydrogens (tertiary/aromatic N) is 2. The van der Waals surface area contributed by atoms with Crippen LogP contribution in [0, 0.1) is 28.6 Å². The second-order valence-electron chi connectivity index (χ2n) is 5.85. The average molecular weight is 254 g/mol. The van der Waals surface area contributed by atoms with Crippen molar-refractivity contribution < 1.29 is 9.59 Å². The monoisotopic (exact) mass is 254 g/mol. The summed E-state index contributed by atoms with van der Waals surface area (Å²) in [6.45, 7) is 4.25. The minimum atomic E-state index is -0.157. The van der Waals surface area contributed by atoms with Gasteiger partial charge in [0.2, 0.25) is 11.8 Å². The van der Waals surface area contributed by atoms with Crippen molar-refractivity contribution in [2.24, 2.45) is 17.3 Å². The number of carbonyl (C=O) groups is 2. The predicted molar refractivity (Wildman–Crippen MR) is 67.5 cm³/mol. The molecule has 1 aliphatic carbocycles. The molecule has 0 radical (unpaired) electrons. The molecule has 19 heavy (non-hydrogen) atoms. The third kappa shape index (κ3) is 1.58. The molecule has 0 aromatic heterocycles. The number of nitriles is 1. The molecule has 96 valence electrons. The zero-order valence-corrected chi connectivity index (χ0v) is 10.9. The second kappa shape index (κ2) is 3.67. The van der Waals surface area contributed by atoms with Crippen LogP contribution in [0.1, 0.15) is 25.0 Å². The average Bonchev–Trinajstić information content (AvgIpc) is 2.87. The fraction of sp³-hybridized carbons (Fsp3) is 0.400. The highest BCUT2D eigenvalue weighted by molar-refractivity contribution is 6.10. The maximum absolute atomic E-state index is 12.2. The molecule has 0 spiro atoms. The van der Waals surface area contributed by atoms with Gasteiger partial charge < -0.3 is 0 Å². The van der Waals surface area contributed by atoms with Gasteiger partial charge in [-0.3, -0.25) is 14.5 Å². The van der Waals surface area contributed by atoms with Gasteiger partial charge in [0.25, 0.3) is 0 Å². The van der Waals surface area contributed by atoms with Gasteiger partial charge in [0, 0.05) is 0 Å². The van der Waals surface area contributed by atoms with E-state index in [0.29, 0.717) is 12.1 Å². The molecule has 2 amide bonds. The Morgan fingerprint density at radius 3 is 2.16 bits per heavy atom.